The lowest BCUT2D eigenvalue weighted by Gasteiger charge is -2.10. The molecule has 0 saturated heterocycles. The number of carbonyl (C=O) groups excluding carboxylic acids is 1. The second kappa shape index (κ2) is 6.62. The fourth-order valence-corrected chi connectivity index (χ4v) is 2.02. The van der Waals surface area contributed by atoms with Crippen LogP contribution in [-0.2, 0) is 4.79 Å². The maximum Gasteiger partial charge on any atom is 0.243 e. The molecule has 0 aliphatic heterocycles. The van der Waals surface area contributed by atoms with Crippen molar-refractivity contribution in [1.29, 1.82) is 0 Å². The van der Waals surface area contributed by atoms with Crippen molar-refractivity contribution < 1.29 is 18.0 Å². The quantitative estimate of drug-likeness (QED) is 0.813. The van der Waals surface area contributed by atoms with Gasteiger partial charge in [0.2, 0.25) is 5.91 Å². The van der Waals surface area contributed by atoms with Crippen LogP contribution in [-0.4, -0.2) is 12.5 Å². The summed E-state index contributed by atoms with van der Waals surface area (Å²) in [6.45, 7) is -0.152. The molecule has 0 unspecified atom stereocenters. The summed E-state index contributed by atoms with van der Waals surface area (Å²) in [5, 5.41) is 5.00. The minimum Gasteiger partial charge on any atom is -0.375 e. The largest absolute Gasteiger partial charge is 0.375 e. The molecule has 0 fully saturated rings. The van der Waals surface area contributed by atoms with Crippen LogP contribution in [0, 0.1) is 17.5 Å². The Labute approximate surface area is 127 Å². The van der Waals surface area contributed by atoms with E-state index < -0.39 is 29.0 Å². The molecule has 3 nitrogen and oxygen atoms in total. The minimum atomic E-state index is -1.62. The van der Waals surface area contributed by atoms with E-state index in [1.807, 2.05) is 6.07 Å². The first-order valence-electron chi connectivity index (χ1n) is 5.91. The number of hydrogen-bond donors (Lipinski definition) is 2. The summed E-state index contributed by atoms with van der Waals surface area (Å²) in [5.74, 6) is -4.94. The Morgan fingerprint density at radius 3 is 2.43 bits per heavy atom. The fourth-order valence-electron chi connectivity index (χ4n) is 1.60. The van der Waals surface area contributed by atoms with Gasteiger partial charge in [-0.2, -0.15) is 0 Å². The summed E-state index contributed by atoms with van der Waals surface area (Å²) in [7, 11) is 0. The SMILES string of the molecule is O=C(CNc1ccccc1Br)Nc1ccc(F)c(F)c1F. The van der Waals surface area contributed by atoms with Crippen LogP contribution in [0.3, 0.4) is 0 Å². The van der Waals surface area contributed by atoms with Crippen LogP contribution in [0.15, 0.2) is 40.9 Å². The van der Waals surface area contributed by atoms with E-state index in [9.17, 15) is 18.0 Å². The van der Waals surface area contributed by atoms with Crippen molar-refractivity contribution >= 4 is 33.2 Å². The molecular formula is C14H10BrF3N2O. The summed E-state index contributed by atoms with van der Waals surface area (Å²) in [6.07, 6.45) is 0. The highest BCUT2D eigenvalue weighted by atomic mass is 79.9. The average Bonchev–Trinajstić information content (AvgIpc) is 2.47. The lowest BCUT2D eigenvalue weighted by atomic mass is 10.2. The molecule has 2 N–H and O–H groups in total. The number of nitrogens with one attached hydrogen (secondary N) is 2. The first kappa shape index (κ1) is 15.4. The van der Waals surface area contributed by atoms with Gasteiger partial charge >= 0.3 is 0 Å². The number of anilines is 2. The van der Waals surface area contributed by atoms with Crippen molar-refractivity contribution in [3.8, 4) is 0 Å². The molecule has 0 heterocycles. The van der Waals surface area contributed by atoms with E-state index in [1.54, 1.807) is 18.2 Å². The fraction of sp³-hybridized carbons (Fsp3) is 0.0714. The smallest absolute Gasteiger partial charge is 0.243 e. The van der Waals surface area contributed by atoms with Crippen molar-refractivity contribution in [2.75, 3.05) is 17.2 Å². The number of amides is 1. The van der Waals surface area contributed by atoms with Gasteiger partial charge in [0.1, 0.15) is 0 Å². The molecule has 110 valence electrons. The normalized spacial score (nSPS) is 10.3. The number of halogens is 4. The molecule has 0 aliphatic rings. The van der Waals surface area contributed by atoms with E-state index in [0.717, 1.165) is 16.6 Å². The summed E-state index contributed by atoms with van der Waals surface area (Å²) in [5.41, 5.74) is 0.270. The molecule has 0 saturated carbocycles. The Balaban J connectivity index is 2.00. The Morgan fingerprint density at radius 1 is 1.00 bits per heavy atom. The average molecular weight is 359 g/mol. The first-order valence-corrected chi connectivity index (χ1v) is 6.70. The molecule has 1 amide bonds. The van der Waals surface area contributed by atoms with Crippen LogP contribution in [0.1, 0.15) is 0 Å². The van der Waals surface area contributed by atoms with Gasteiger partial charge in [0.25, 0.3) is 0 Å². The van der Waals surface area contributed by atoms with Gasteiger partial charge in [0.15, 0.2) is 17.5 Å². The van der Waals surface area contributed by atoms with Gasteiger partial charge in [0.05, 0.1) is 12.2 Å². The number of rotatable bonds is 4. The molecule has 0 radical (unpaired) electrons. The van der Waals surface area contributed by atoms with Crippen molar-refractivity contribution in [1.82, 2.24) is 0 Å². The summed E-state index contributed by atoms with van der Waals surface area (Å²) >= 11 is 3.30. The van der Waals surface area contributed by atoms with Gasteiger partial charge in [-0.25, -0.2) is 13.2 Å². The molecule has 2 aromatic rings. The van der Waals surface area contributed by atoms with Crippen molar-refractivity contribution in [2.45, 2.75) is 0 Å². The van der Waals surface area contributed by atoms with Crippen LogP contribution >= 0.6 is 15.9 Å². The number of carbonyl (C=O) groups is 1. The molecule has 0 bridgehead atoms. The maximum absolute atomic E-state index is 13.4. The van der Waals surface area contributed by atoms with Crippen molar-refractivity contribution in [3.05, 3.63) is 58.3 Å². The van der Waals surface area contributed by atoms with Crippen molar-refractivity contribution in [3.63, 3.8) is 0 Å². The second-order valence-corrected chi connectivity index (χ2v) is 4.96. The summed E-state index contributed by atoms with van der Waals surface area (Å²) in [4.78, 5) is 11.7. The van der Waals surface area contributed by atoms with E-state index in [1.165, 1.54) is 0 Å². The van der Waals surface area contributed by atoms with Gasteiger partial charge in [-0.3, -0.25) is 4.79 Å². The Hall–Kier alpha value is -2.02. The topological polar surface area (TPSA) is 41.1 Å². The van der Waals surface area contributed by atoms with Crippen LogP contribution in [0.25, 0.3) is 0 Å². The molecule has 0 aliphatic carbocycles. The molecule has 2 rings (SSSR count). The minimum absolute atomic E-state index is 0.152. The third-order valence-electron chi connectivity index (χ3n) is 2.62. The van der Waals surface area contributed by atoms with Crippen molar-refractivity contribution in [2.24, 2.45) is 0 Å². The lowest BCUT2D eigenvalue weighted by molar-refractivity contribution is -0.114. The maximum atomic E-state index is 13.4. The first-order chi connectivity index (χ1) is 9.99. The molecule has 21 heavy (non-hydrogen) atoms. The predicted octanol–water partition coefficient (Wildman–Crippen LogP) is 3.92. The Morgan fingerprint density at radius 2 is 1.71 bits per heavy atom. The zero-order valence-corrected chi connectivity index (χ0v) is 12.2. The zero-order chi connectivity index (χ0) is 15.4. The van der Waals surface area contributed by atoms with E-state index >= 15 is 0 Å². The van der Waals surface area contributed by atoms with Crippen LogP contribution < -0.4 is 10.6 Å². The van der Waals surface area contributed by atoms with E-state index in [-0.39, 0.29) is 6.54 Å². The monoisotopic (exact) mass is 358 g/mol. The summed E-state index contributed by atoms with van der Waals surface area (Å²) < 4.78 is 39.9. The number of benzene rings is 2. The zero-order valence-electron chi connectivity index (χ0n) is 10.6. The molecule has 0 aromatic heterocycles. The molecule has 0 atom stereocenters. The molecule has 2 aromatic carbocycles. The standard InChI is InChI=1S/C14H10BrF3N2O/c15-8-3-1-2-4-10(8)19-7-12(21)20-11-6-5-9(16)13(17)14(11)18/h1-6,19H,7H2,(H,20,21). The Kier molecular flexibility index (Phi) is 4.85. The highest BCUT2D eigenvalue weighted by Gasteiger charge is 2.15. The molecular weight excluding hydrogens is 349 g/mol. The van der Waals surface area contributed by atoms with Crippen LogP contribution in [0.5, 0.6) is 0 Å². The van der Waals surface area contributed by atoms with Gasteiger partial charge in [-0.15, -0.1) is 0 Å². The lowest BCUT2D eigenvalue weighted by Crippen LogP contribution is -2.22. The highest BCUT2D eigenvalue weighted by molar-refractivity contribution is 9.10. The van der Waals surface area contributed by atoms with Gasteiger partial charge in [-0.1, -0.05) is 12.1 Å². The number of para-hydroxylation sites is 1. The van der Waals surface area contributed by atoms with E-state index in [2.05, 4.69) is 26.6 Å². The Bertz CT molecular complexity index is 679. The summed E-state index contributed by atoms with van der Waals surface area (Å²) in [6, 6.07) is 8.83. The predicted molar refractivity (Wildman–Crippen MR) is 77.6 cm³/mol. The highest BCUT2D eigenvalue weighted by Crippen LogP contribution is 2.21. The van der Waals surface area contributed by atoms with E-state index in [0.29, 0.717) is 5.69 Å². The van der Waals surface area contributed by atoms with E-state index in [4.69, 9.17) is 0 Å². The third kappa shape index (κ3) is 3.75. The molecule has 0 spiro atoms. The van der Waals surface area contributed by atoms with Gasteiger partial charge in [0, 0.05) is 10.2 Å². The third-order valence-corrected chi connectivity index (χ3v) is 3.31. The van der Waals surface area contributed by atoms with Gasteiger partial charge in [-0.05, 0) is 40.2 Å². The molecule has 7 heteroatoms. The van der Waals surface area contributed by atoms with Crippen LogP contribution in [0.2, 0.25) is 0 Å². The van der Waals surface area contributed by atoms with Crippen LogP contribution in [0.4, 0.5) is 24.5 Å². The number of hydrogen-bond acceptors (Lipinski definition) is 2. The van der Waals surface area contributed by atoms with Gasteiger partial charge < -0.3 is 10.6 Å². The second-order valence-electron chi connectivity index (χ2n) is 4.10.